The normalized spacial score (nSPS) is 11.4. The molecule has 0 radical (unpaired) electrons. The molecule has 112 valence electrons. The highest BCUT2D eigenvalue weighted by Gasteiger charge is 2.09. The summed E-state index contributed by atoms with van der Waals surface area (Å²) in [4.78, 5) is 2.29. The van der Waals surface area contributed by atoms with Crippen molar-refractivity contribution in [3.05, 3.63) is 53.1 Å². The van der Waals surface area contributed by atoms with E-state index in [1.54, 1.807) is 36.4 Å². The molecular weight excluding hydrogens is 308 g/mol. The van der Waals surface area contributed by atoms with Crippen molar-refractivity contribution in [1.29, 1.82) is 0 Å². The highest BCUT2D eigenvalue weighted by Crippen LogP contribution is 2.23. The highest BCUT2D eigenvalue weighted by atomic mass is 35.5. The van der Waals surface area contributed by atoms with Gasteiger partial charge >= 0.3 is 0 Å². The first-order valence-electron chi connectivity index (χ1n) is 6.32. The molecular formula is C15H17ClN2O2S. The number of halogens is 1. The Labute approximate surface area is 130 Å². The number of nitrogens with zero attached hydrogens (tertiary/aromatic N) is 1. The van der Waals surface area contributed by atoms with Crippen LogP contribution in [0.25, 0.3) is 0 Å². The summed E-state index contributed by atoms with van der Waals surface area (Å²) in [6, 6.07) is 12.1. The van der Waals surface area contributed by atoms with Crippen LogP contribution in [-0.4, -0.2) is 21.7 Å². The summed E-state index contributed by atoms with van der Waals surface area (Å²) in [6.07, 6.45) is 1.19. The van der Waals surface area contributed by atoms with Gasteiger partial charge in [-0.3, -0.25) is 0 Å². The van der Waals surface area contributed by atoms with Gasteiger partial charge in [0.05, 0.1) is 4.90 Å². The number of benzene rings is 2. The van der Waals surface area contributed by atoms with Gasteiger partial charge in [-0.05, 0) is 48.0 Å². The van der Waals surface area contributed by atoms with E-state index in [0.717, 1.165) is 11.3 Å². The number of nitrogens with two attached hydrogens (primary N) is 1. The molecule has 0 fully saturated rings. The van der Waals surface area contributed by atoms with Crippen LogP contribution < -0.4 is 10.6 Å². The molecule has 0 saturated heterocycles. The van der Waals surface area contributed by atoms with Gasteiger partial charge in [-0.2, -0.15) is 0 Å². The molecule has 2 N–H and O–H groups in total. The quantitative estimate of drug-likeness (QED) is 0.878. The minimum absolute atomic E-state index is 0.307. The van der Waals surface area contributed by atoms with Gasteiger partial charge in [0, 0.05) is 36.2 Å². The van der Waals surface area contributed by atoms with Gasteiger partial charge in [0.15, 0.2) is 9.84 Å². The number of anilines is 2. The SMILES string of the molecule is CN(Cc1cc(N)ccc1Cl)c1ccc(S(C)(=O)=O)cc1. The maximum absolute atomic E-state index is 11.4. The fraction of sp³-hybridized carbons (Fsp3) is 0.200. The van der Waals surface area contributed by atoms with Crippen LogP contribution in [0, 0.1) is 0 Å². The Kier molecular flexibility index (Phi) is 4.44. The summed E-state index contributed by atoms with van der Waals surface area (Å²) >= 11 is 6.15. The topological polar surface area (TPSA) is 63.4 Å². The first kappa shape index (κ1) is 15.7. The van der Waals surface area contributed by atoms with E-state index < -0.39 is 9.84 Å². The summed E-state index contributed by atoms with van der Waals surface area (Å²) < 4.78 is 22.9. The lowest BCUT2D eigenvalue weighted by molar-refractivity contribution is 0.602. The molecule has 0 aliphatic heterocycles. The molecule has 0 aliphatic rings. The Morgan fingerprint density at radius 3 is 2.33 bits per heavy atom. The van der Waals surface area contributed by atoms with Crippen LogP contribution in [0.15, 0.2) is 47.4 Å². The molecule has 0 spiro atoms. The Balaban J connectivity index is 2.20. The van der Waals surface area contributed by atoms with Crippen LogP contribution in [0.5, 0.6) is 0 Å². The highest BCUT2D eigenvalue weighted by molar-refractivity contribution is 7.90. The molecule has 21 heavy (non-hydrogen) atoms. The number of sulfone groups is 1. The molecule has 0 bridgehead atoms. The third kappa shape index (κ3) is 3.89. The fourth-order valence-electron chi connectivity index (χ4n) is 2.01. The second-order valence-electron chi connectivity index (χ2n) is 4.97. The van der Waals surface area contributed by atoms with Crippen LogP contribution >= 0.6 is 11.6 Å². The van der Waals surface area contributed by atoms with Gasteiger partial charge in [0.2, 0.25) is 0 Å². The van der Waals surface area contributed by atoms with Crippen molar-refractivity contribution in [2.75, 3.05) is 23.9 Å². The van der Waals surface area contributed by atoms with E-state index >= 15 is 0 Å². The van der Waals surface area contributed by atoms with E-state index in [0.29, 0.717) is 22.2 Å². The Bertz CT molecular complexity index is 743. The lowest BCUT2D eigenvalue weighted by Crippen LogP contribution is -2.16. The summed E-state index contributed by atoms with van der Waals surface area (Å²) in [6.45, 7) is 0.585. The number of rotatable bonds is 4. The van der Waals surface area contributed by atoms with Crippen molar-refractivity contribution in [2.24, 2.45) is 0 Å². The van der Waals surface area contributed by atoms with E-state index in [4.69, 9.17) is 17.3 Å². The second kappa shape index (κ2) is 5.95. The van der Waals surface area contributed by atoms with Crippen molar-refractivity contribution in [3.63, 3.8) is 0 Å². The molecule has 2 aromatic carbocycles. The van der Waals surface area contributed by atoms with E-state index in [1.807, 2.05) is 18.0 Å². The molecule has 2 rings (SSSR count). The van der Waals surface area contributed by atoms with Crippen LogP contribution in [0.3, 0.4) is 0 Å². The molecule has 6 heteroatoms. The molecule has 0 saturated carbocycles. The molecule has 0 amide bonds. The Hall–Kier alpha value is -1.72. The standard InChI is InChI=1S/C15H17ClN2O2S/c1-18(10-11-9-12(17)3-8-15(11)16)13-4-6-14(7-5-13)21(2,19)20/h3-9H,10,17H2,1-2H3. The zero-order valence-electron chi connectivity index (χ0n) is 11.9. The molecule has 0 aromatic heterocycles. The van der Waals surface area contributed by atoms with Crippen molar-refractivity contribution in [1.82, 2.24) is 0 Å². The summed E-state index contributed by atoms with van der Waals surface area (Å²) in [5.41, 5.74) is 8.25. The smallest absolute Gasteiger partial charge is 0.175 e. The number of hydrogen-bond acceptors (Lipinski definition) is 4. The first-order chi connectivity index (χ1) is 9.77. The number of nitrogen functional groups attached to an aromatic ring is 1. The van der Waals surface area contributed by atoms with E-state index in [1.165, 1.54) is 6.26 Å². The third-order valence-electron chi connectivity index (χ3n) is 3.18. The summed E-state index contributed by atoms with van der Waals surface area (Å²) in [5.74, 6) is 0. The van der Waals surface area contributed by atoms with Gasteiger partial charge in [0.1, 0.15) is 0 Å². The van der Waals surface area contributed by atoms with E-state index in [-0.39, 0.29) is 0 Å². The second-order valence-corrected chi connectivity index (χ2v) is 7.40. The molecule has 0 unspecified atom stereocenters. The van der Waals surface area contributed by atoms with E-state index in [2.05, 4.69) is 0 Å². The van der Waals surface area contributed by atoms with Gasteiger partial charge < -0.3 is 10.6 Å². The van der Waals surface area contributed by atoms with Crippen LogP contribution in [-0.2, 0) is 16.4 Å². The molecule has 4 nitrogen and oxygen atoms in total. The van der Waals surface area contributed by atoms with Crippen molar-refractivity contribution in [3.8, 4) is 0 Å². The molecule has 0 atom stereocenters. The predicted octanol–water partition coefficient (Wildman–Crippen LogP) is 2.96. The summed E-state index contributed by atoms with van der Waals surface area (Å²) in [7, 11) is -1.26. The summed E-state index contributed by atoms with van der Waals surface area (Å²) in [5, 5.41) is 0.656. The van der Waals surface area contributed by atoms with Crippen molar-refractivity contribution < 1.29 is 8.42 Å². The average molecular weight is 325 g/mol. The first-order valence-corrected chi connectivity index (χ1v) is 8.59. The molecule has 0 aliphatic carbocycles. The van der Waals surface area contributed by atoms with Crippen molar-refractivity contribution in [2.45, 2.75) is 11.4 Å². The van der Waals surface area contributed by atoms with Crippen LogP contribution in [0.2, 0.25) is 5.02 Å². The van der Waals surface area contributed by atoms with Crippen LogP contribution in [0.1, 0.15) is 5.56 Å². The lowest BCUT2D eigenvalue weighted by Gasteiger charge is -2.20. The van der Waals surface area contributed by atoms with Gasteiger partial charge in [-0.1, -0.05) is 11.6 Å². The van der Waals surface area contributed by atoms with Crippen molar-refractivity contribution >= 4 is 32.8 Å². The number of hydrogen-bond donors (Lipinski definition) is 1. The fourth-order valence-corrected chi connectivity index (χ4v) is 2.82. The minimum atomic E-state index is -3.17. The van der Waals surface area contributed by atoms with E-state index in [9.17, 15) is 8.42 Å². The lowest BCUT2D eigenvalue weighted by atomic mass is 10.2. The van der Waals surface area contributed by atoms with Gasteiger partial charge in [-0.25, -0.2) is 8.42 Å². The third-order valence-corrected chi connectivity index (χ3v) is 4.68. The zero-order chi connectivity index (χ0) is 15.6. The largest absolute Gasteiger partial charge is 0.399 e. The van der Waals surface area contributed by atoms with Gasteiger partial charge in [-0.15, -0.1) is 0 Å². The average Bonchev–Trinajstić information content (AvgIpc) is 2.42. The maximum Gasteiger partial charge on any atom is 0.175 e. The minimum Gasteiger partial charge on any atom is -0.399 e. The molecule has 0 heterocycles. The predicted molar refractivity (Wildman–Crippen MR) is 87.5 cm³/mol. The van der Waals surface area contributed by atoms with Gasteiger partial charge in [0.25, 0.3) is 0 Å². The zero-order valence-corrected chi connectivity index (χ0v) is 13.4. The Morgan fingerprint density at radius 2 is 1.76 bits per heavy atom. The maximum atomic E-state index is 11.4. The Morgan fingerprint density at radius 1 is 1.14 bits per heavy atom. The molecule has 2 aromatic rings. The van der Waals surface area contributed by atoms with Crippen LogP contribution in [0.4, 0.5) is 11.4 Å². The monoisotopic (exact) mass is 324 g/mol.